The number of H-pyrrole nitrogens is 1. The summed E-state index contributed by atoms with van der Waals surface area (Å²) < 4.78 is 10.4. The number of ether oxygens (including phenoxy) is 2. The summed E-state index contributed by atoms with van der Waals surface area (Å²) >= 11 is 6.00. The average Bonchev–Trinajstić information content (AvgIpc) is 3.12. The summed E-state index contributed by atoms with van der Waals surface area (Å²) in [5.74, 6) is -1.28. The van der Waals surface area contributed by atoms with Crippen LogP contribution in [0.5, 0.6) is 0 Å². The molecule has 7 heteroatoms. The molecule has 1 unspecified atom stereocenters. The molecule has 2 aromatic rings. The first-order valence-electron chi connectivity index (χ1n) is 7.32. The van der Waals surface area contributed by atoms with Crippen molar-refractivity contribution >= 4 is 34.3 Å². The lowest BCUT2D eigenvalue weighted by atomic mass is 9.83. The predicted molar refractivity (Wildman–Crippen MR) is 88.4 cm³/mol. The lowest BCUT2D eigenvalue weighted by molar-refractivity contribution is -0.136. The maximum atomic E-state index is 13.1. The van der Waals surface area contributed by atoms with Crippen molar-refractivity contribution in [1.29, 1.82) is 0 Å². The van der Waals surface area contributed by atoms with E-state index in [2.05, 4.69) is 4.98 Å². The summed E-state index contributed by atoms with van der Waals surface area (Å²) in [6.45, 7) is 0.299. The lowest BCUT2D eigenvalue weighted by Gasteiger charge is -2.23. The number of carbonyl (C=O) groups is 2. The van der Waals surface area contributed by atoms with Crippen LogP contribution in [-0.4, -0.2) is 42.2 Å². The Morgan fingerprint density at radius 1 is 1.46 bits per heavy atom. The lowest BCUT2D eigenvalue weighted by Crippen LogP contribution is -2.36. The van der Waals surface area contributed by atoms with Gasteiger partial charge in [-0.2, -0.15) is 0 Å². The Morgan fingerprint density at radius 2 is 2.25 bits per heavy atom. The van der Waals surface area contributed by atoms with Crippen LogP contribution >= 0.6 is 11.6 Å². The van der Waals surface area contributed by atoms with E-state index in [-0.39, 0.29) is 31.1 Å². The van der Waals surface area contributed by atoms with Crippen molar-refractivity contribution in [3.8, 4) is 0 Å². The fourth-order valence-electron chi connectivity index (χ4n) is 2.98. The molecule has 0 amide bonds. The molecule has 1 atom stereocenters. The van der Waals surface area contributed by atoms with Gasteiger partial charge in [0, 0.05) is 23.0 Å². The van der Waals surface area contributed by atoms with Crippen LogP contribution < -0.4 is 0 Å². The van der Waals surface area contributed by atoms with E-state index >= 15 is 0 Å². The molecule has 3 rings (SSSR count). The van der Waals surface area contributed by atoms with Crippen LogP contribution in [0.1, 0.15) is 16.1 Å². The van der Waals surface area contributed by atoms with E-state index in [0.29, 0.717) is 21.5 Å². The quantitative estimate of drug-likeness (QED) is 0.783. The maximum Gasteiger partial charge on any atom is 0.307 e. The molecule has 0 radical (unpaired) electrons. The number of nitrogens with one attached hydrogen (secondary N) is 1. The number of benzene rings is 1. The van der Waals surface area contributed by atoms with Gasteiger partial charge in [0.05, 0.1) is 25.0 Å². The minimum atomic E-state index is -1.01. The van der Waals surface area contributed by atoms with Crippen molar-refractivity contribution in [2.75, 3.05) is 20.3 Å². The van der Waals surface area contributed by atoms with Gasteiger partial charge < -0.3 is 19.6 Å². The Kier molecular flexibility index (Phi) is 4.34. The normalized spacial score (nSPS) is 19.6. The fourth-order valence-corrected chi connectivity index (χ4v) is 3.15. The van der Waals surface area contributed by atoms with Gasteiger partial charge in [-0.15, -0.1) is 0 Å². The Balaban J connectivity index is 2.15. The molecule has 0 spiro atoms. The van der Waals surface area contributed by atoms with Crippen LogP contribution in [-0.2, 0) is 20.7 Å². The van der Waals surface area contributed by atoms with Gasteiger partial charge in [0.15, 0.2) is 5.78 Å². The van der Waals surface area contributed by atoms with Gasteiger partial charge in [0.1, 0.15) is 12.0 Å². The van der Waals surface area contributed by atoms with E-state index < -0.39 is 11.4 Å². The first-order valence-corrected chi connectivity index (χ1v) is 7.69. The third-order valence-electron chi connectivity index (χ3n) is 4.10. The summed E-state index contributed by atoms with van der Waals surface area (Å²) in [5, 5.41) is 10.4. The molecule has 0 saturated carbocycles. The summed E-state index contributed by atoms with van der Waals surface area (Å²) in [5.41, 5.74) is 0.349. The fraction of sp³-hybridized carbons (Fsp3) is 0.294. The molecule has 6 nitrogen and oxygen atoms in total. The van der Waals surface area contributed by atoms with E-state index in [1.165, 1.54) is 13.4 Å². The number of carbonyl (C=O) groups excluding carboxylic acids is 1. The monoisotopic (exact) mass is 349 g/mol. The van der Waals surface area contributed by atoms with Crippen molar-refractivity contribution in [2.45, 2.75) is 6.42 Å². The number of aliphatic carboxylic acids is 1. The molecule has 0 bridgehead atoms. The summed E-state index contributed by atoms with van der Waals surface area (Å²) in [4.78, 5) is 27.4. The van der Waals surface area contributed by atoms with Crippen molar-refractivity contribution in [2.24, 2.45) is 5.41 Å². The number of fused-ring (bicyclic) bond motifs is 1. The number of carboxylic acids is 1. The molecular weight excluding hydrogens is 334 g/mol. The molecule has 0 saturated heterocycles. The van der Waals surface area contributed by atoms with Gasteiger partial charge in [-0.05, 0) is 23.8 Å². The summed E-state index contributed by atoms with van der Waals surface area (Å²) in [6.07, 6.45) is 2.85. The number of carboxylic acid groups (broad SMARTS) is 1. The van der Waals surface area contributed by atoms with Crippen molar-refractivity contribution in [3.63, 3.8) is 0 Å². The van der Waals surface area contributed by atoms with Crippen LogP contribution in [0.3, 0.4) is 0 Å². The second-order valence-electron chi connectivity index (χ2n) is 5.77. The van der Waals surface area contributed by atoms with Crippen LogP contribution in [0.4, 0.5) is 0 Å². The average molecular weight is 350 g/mol. The highest BCUT2D eigenvalue weighted by Gasteiger charge is 2.42. The molecule has 0 aliphatic carbocycles. The van der Waals surface area contributed by atoms with Crippen molar-refractivity contribution in [3.05, 3.63) is 46.8 Å². The second kappa shape index (κ2) is 6.30. The Hall–Kier alpha value is -2.31. The van der Waals surface area contributed by atoms with E-state index in [4.69, 9.17) is 21.1 Å². The third-order valence-corrected chi connectivity index (χ3v) is 4.34. The number of aromatic amines is 1. The zero-order valence-corrected chi connectivity index (χ0v) is 13.7. The van der Waals surface area contributed by atoms with Gasteiger partial charge in [0.25, 0.3) is 0 Å². The molecule has 0 fully saturated rings. The number of hydrogen-bond donors (Lipinski definition) is 2. The number of methoxy groups -OCH3 is 1. The topological polar surface area (TPSA) is 88.6 Å². The number of rotatable bonds is 6. The van der Waals surface area contributed by atoms with E-state index in [1.54, 1.807) is 24.3 Å². The Labute approximate surface area is 143 Å². The van der Waals surface area contributed by atoms with Crippen LogP contribution in [0.2, 0.25) is 5.02 Å². The molecule has 1 aromatic carbocycles. The van der Waals surface area contributed by atoms with E-state index in [0.717, 1.165) is 0 Å². The predicted octanol–water partition coefficient (Wildman–Crippen LogP) is 2.81. The minimum absolute atomic E-state index is 0.144. The van der Waals surface area contributed by atoms with Gasteiger partial charge in [-0.3, -0.25) is 9.59 Å². The van der Waals surface area contributed by atoms with Gasteiger partial charge >= 0.3 is 5.97 Å². The van der Waals surface area contributed by atoms with Crippen molar-refractivity contribution in [1.82, 2.24) is 4.98 Å². The molecule has 1 aliphatic heterocycles. The number of ketones is 1. The standard InChI is InChI=1S/C17H16ClNO5/c1-23-8-17(4-5-24-9-17)16(22)15-12(7-14(20)21)11-3-2-10(18)6-13(11)19-15/h2-6,19H,7-9H2,1H3,(H,20,21). The largest absolute Gasteiger partial charge is 0.500 e. The Bertz CT molecular complexity index is 841. The molecule has 126 valence electrons. The molecule has 1 aliphatic rings. The Morgan fingerprint density at radius 3 is 2.88 bits per heavy atom. The first-order chi connectivity index (χ1) is 11.5. The van der Waals surface area contributed by atoms with Gasteiger partial charge in [-0.1, -0.05) is 17.7 Å². The van der Waals surface area contributed by atoms with Crippen LogP contribution in [0.25, 0.3) is 10.9 Å². The molecule has 1 aromatic heterocycles. The number of aromatic nitrogens is 1. The highest BCUT2D eigenvalue weighted by atomic mass is 35.5. The van der Waals surface area contributed by atoms with Gasteiger partial charge in [0.2, 0.25) is 0 Å². The zero-order valence-electron chi connectivity index (χ0n) is 13.0. The number of halogens is 1. The second-order valence-corrected chi connectivity index (χ2v) is 6.21. The van der Waals surface area contributed by atoms with Crippen molar-refractivity contribution < 1.29 is 24.2 Å². The highest BCUT2D eigenvalue weighted by Crippen LogP contribution is 2.34. The number of Topliss-reactive ketones (excluding diaryl/α,β-unsaturated/α-hetero) is 1. The number of hydrogen-bond acceptors (Lipinski definition) is 4. The third kappa shape index (κ3) is 2.79. The molecule has 2 N–H and O–H groups in total. The summed E-state index contributed by atoms with van der Waals surface area (Å²) in [6, 6.07) is 5.05. The minimum Gasteiger partial charge on any atom is -0.500 e. The first kappa shape index (κ1) is 16.5. The van der Waals surface area contributed by atoms with E-state index in [9.17, 15) is 14.7 Å². The SMILES string of the molecule is COCC1(C(=O)c2[nH]c3cc(Cl)ccc3c2CC(=O)O)C=COC1. The highest BCUT2D eigenvalue weighted by molar-refractivity contribution is 6.31. The molecule has 2 heterocycles. The van der Waals surface area contributed by atoms with E-state index in [1.807, 2.05) is 0 Å². The zero-order chi connectivity index (χ0) is 17.3. The maximum absolute atomic E-state index is 13.1. The smallest absolute Gasteiger partial charge is 0.307 e. The van der Waals surface area contributed by atoms with Crippen LogP contribution in [0, 0.1) is 5.41 Å². The molecule has 24 heavy (non-hydrogen) atoms. The molecular formula is C17H16ClNO5. The van der Waals surface area contributed by atoms with Gasteiger partial charge in [-0.25, -0.2) is 0 Å². The van der Waals surface area contributed by atoms with Crippen LogP contribution in [0.15, 0.2) is 30.5 Å². The summed E-state index contributed by atoms with van der Waals surface area (Å²) in [7, 11) is 1.50.